The summed E-state index contributed by atoms with van der Waals surface area (Å²) in [6.07, 6.45) is 2.44. The van der Waals surface area contributed by atoms with Crippen LogP contribution in [0.1, 0.15) is 10.4 Å². The van der Waals surface area contributed by atoms with Gasteiger partial charge in [0.2, 0.25) is 5.16 Å². The highest BCUT2D eigenvalue weighted by Gasteiger charge is 2.09. The van der Waals surface area contributed by atoms with E-state index in [0.29, 0.717) is 17.1 Å². The molecule has 0 fully saturated rings. The van der Waals surface area contributed by atoms with Crippen molar-refractivity contribution < 1.29 is 9.90 Å². The first-order valence-corrected chi connectivity index (χ1v) is 5.59. The summed E-state index contributed by atoms with van der Waals surface area (Å²) in [5.74, 6) is -0.0578. The smallest absolute Gasteiger partial charge is 0.213 e. The summed E-state index contributed by atoms with van der Waals surface area (Å²) in [6, 6.07) is 4.60. The minimum absolute atomic E-state index is 0.0578. The lowest BCUT2D eigenvalue weighted by atomic mass is 10.2. The van der Waals surface area contributed by atoms with Gasteiger partial charge in [0.1, 0.15) is 5.75 Å². The first kappa shape index (κ1) is 10.6. The standard InChI is InChI=1S/C9H8N4O2S/c1-16-9-10-11-12-13(9)7-2-3-8(15)6(4-7)5-14/h2-5,15H,1H3. The zero-order chi connectivity index (χ0) is 11.5. The minimum Gasteiger partial charge on any atom is -0.507 e. The molecule has 0 radical (unpaired) electrons. The van der Waals surface area contributed by atoms with Gasteiger partial charge in [0.15, 0.2) is 6.29 Å². The third-order valence-corrected chi connectivity index (χ3v) is 2.63. The number of benzene rings is 1. The van der Waals surface area contributed by atoms with Crippen molar-refractivity contribution in [2.24, 2.45) is 0 Å². The van der Waals surface area contributed by atoms with Gasteiger partial charge in [-0.15, -0.1) is 5.10 Å². The number of phenols is 1. The average molecular weight is 236 g/mol. The van der Waals surface area contributed by atoms with Crippen molar-refractivity contribution >= 4 is 18.0 Å². The molecule has 7 heteroatoms. The summed E-state index contributed by atoms with van der Waals surface area (Å²) in [4.78, 5) is 10.7. The van der Waals surface area contributed by atoms with Crippen LogP contribution in [0.15, 0.2) is 23.4 Å². The predicted molar refractivity (Wildman–Crippen MR) is 58.0 cm³/mol. The molecule has 2 aromatic rings. The van der Waals surface area contributed by atoms with Crippen molar-refractivity contribution in [3.8, 4) is 11.4 Å². The van der Waals surface area contributed by atoms with Crippen molar-refractivity contribution in [3.05, 3.63) is 23.8 Å². The van der Waals surface area contributed by atoms with E-state index in [1.165, 1.54) is 28.6 Å². The predicted octanol–water partition coefficient (Wildman–Crippen LogP) is 0.902. The van der Waals surface area contributed by atoms with E-state index in [1.54, 1.807) is 6.07 Å². The number of thioether (sulfide) groups is 1. The second-order valence-corrected chi connectivity index (χ2v) is 3.71. The number of nitrogens with zero attached hydrogens (tertiary/aromatic N) is 4. The highest BCUT2D eigenvalue weighted by molar-refractivity contribution is 7.98. The Kier molecular flexibility index (Phi) is 2.86. The molecule has 0 saturated heterocycles. The molecular formula is C9H8N4O2S. The summed E-state index contributed by atoms with van der Waals surface area (Å²) >= 11 is 1.39. The molecule has 6 nitrogen and oxygen atoms in total. The molecule has 16 heavy (non-hydrogen) atoms. The fraction of sp³-hybridized carbons (Fsp3) is 0.111. The van der Waals surface area contributed by atoms with Crippen molar-refractivity contribution in [3.63, 3.8) is 0 Å². The Morgan fingerprint density at radius 1 is 1.50 bits per heavy atom. The number of carbonyl (C=O) groups excluding carboxylic acids is 1. The molecule has 2 rings (SSSR count). The fourth-order valence-corrected chi connectivity index (χ4v) is 1.67. The maximum atomic E-state index is 10.7. The van der Waals surface area contributed by atoms with Crippen LogP contribution in [-0.2, 0) is 0 Å². The lowest BCUT2D eigenvalue weighted by molar-refractivity contribution is 0.112. The van der Waals surface area contributed by atoms with Crippen LogP contribution in [0.3, 0.4) is 0 Å². The lowest BCUT2D eigenvalue weighted by Crippen LogP contribution is -1.99. The zero-order valence-electron chi connectivity index (χ0n) is 8.36. The Morgan fingerprint density at radius 3 is 3.00 bits per heavy atom. The SMILES string of the molecule is CSc1nnnn1-c1ccc(O)c(C=O)c1. The summed E-state index contributed by atoms with van der Waals surface area (Å²) < 4.78 is 1.50. The average Bonchev–Trinajstić information content (AvgIpc) is 2.78. The number of hydrogen-bond donors (Lipinski definition) is 1. The molecule has 0 aliphatic heterocycles. The second-order valence-electron chi connectivity index (χ2n) is 2.94. The molecule has 0 aliphatic carbocycles. The van der Waals surface area contributed by atoms with E-state index in [1.807, 2.05) is 6.26 Å². The van der Waals surface area contributed by atoms with Crippen molar-refractivity contribution in [2.75, 3.05) is 6.26 Å². The van der Waals surface area contributed by atoms with Crippen molar-refractivity contribution in [2.45, 2.75) is 5.16 Å². The van der Waals surface area contributed by atoms with Gasteiger partial charge in [0.25, 0.3) is 0 Å². The molecule has 1 aromatic heterocycles. The van der Waals surface area contributed by atoms with Crippen LogP contribution < -0.4 is 0 Å². The van der Waals surface area contributed by atoms with Gasteiger partial charge in [-0.25, -0.2) is 0 Å². The number of aldehydes is 1. The molecule has 0 amide bonds. The van der Waals surface area contributed by atoms with Crippen LogP contribution in [0.5, 0.6) is 5.75 Å². The van der Waals surface area contributed by atoms with E-state index in [9.17, 15) is 9.90 Å². The van der Waals surface area contributed by atoms with Gasteiger partial charge < -0.3 is 5.11 Å². The monoisotopic (exact) mass is 236 g/mol. The Labute approximate surface area is 95.3 Å². The number of rotatable bonds is 3. The topological polar surface area (TPSA) is 80.9 Å². The van der Waals surface area contributed by atoms with E-state index in [-0.39, 0.29) is 11.3 Å². The molecule has 0 saturated carbocycles. The largest absolute Gasteiger partial charge is 0.507 e. The molecular weight excluding hydrogens is 228 g/mol. The van der Waals surface area contributed by atoms with Gasteiger partial charge in [0.05, 0.1) is 11.3 Å². The highest BCUT2D eigenvalue weighted by Crippen LogP contribution is 2.21. The first-order valence-electron chi connectivity index (χ1n) is 4.37. The molecule has 0 spiro atoms. The number of hydrogen-bond acceptors (Lipinski definition) is 6. The zero-order valence-corrected chi connectivity index (χ0v) is 9.18. The third kappa shape index (κ3) is 1.76. The molecule has 0 bridgehead atoms. The van der Waals surface area contributed by atoms with Crippen LogP contribution in [0.2, 0.25) is 0 Å². The molecule has 0 aliphatic rings. The van der Waals surface area contributed by atoms with Crippen molar-refractivity contribution in [1.29, 1.82) is 0 Å². The van der Waals surface area contributed by atoms with Gasteiger partial charge >= 0.3 is 0 Å². The van der Waals surface area contributed by atoms with Crippen LogP contribution in [0, 0.1) is 0 Å². The maximum absolute atomic E-state index is 10.7. The minimum atomic E-state index is -0.0578. The van der Waals surface area contributed by atoms with E-state index >= 15 is 0 Å². The number of aromatic hydroxyl groups is 1. The first-order chi connectivity index (χ1) is 7.76. The summed E-state index contributed by atoms with van der Waals surface area (Å²) in [6.45, 7) is 0. The van der Waals surface area contributed by atoms with Gasteiger partial charge in [0, 0.05) is 0 Å². The number of aromatic nitrogens is 4. The number of tetrazole rings is 1. The maximum Gasteiger partial charge on any atom is 0.213 e. The van der Waals surface area contributed by atoms with Gasteiger partial charge in [-0.1, -0.05) is 11.8 Å². The Hall–Kier alpha value is -1.89. The quantitative estimate of drug-likeness (QED) is 0.630. The summed E-state index contributed by atoms with van der Waals surface area (Å²) in [7, 11) is 0. The highest BCUT2D eigenvalue weighted by atomic mass is 32.2. The molecule has 1 aromatic carbocycles. The number of carbonyl (C=O) groups is 1. The van der Waals surface area contributed by atoms with Crippen LogP contribution in [-0.4, -0.2) is 37.9 Å². The third-order valence-electron chi connectivity index (χ3n) is 2.01. The van der Waals surface area contributed by atoms with Gasteiger partial charge in [-0.2, -0.15) is 4.68 Å². The van der Waals surface area contributed by atoms with Gasteiger partial charge in [-0.3, -0.25) is 4.79 Å². The van der Waals surface area contributed by atoms with Crippen LogP contribution in [0.4, 0.5) is 0 Å². The molecule has 1 heterocycles. The van der Waals surface area contributed by atoms with E-state index in [2.05, 4.69) is 15.5 Å². The lowest BCUT2D eigenvalue weighted by Gasteiger charge is -2.04. The Balaban J connectivity index is 2.52. The van der Waals surface area contributed by atoms with Crippen molar-refractivity contribution in [1.82, 2.24) is 20.2 Å². The second kappa shape index (κ2) is 4.31. The Morgan fingerprint density at radius 2 is 2.31 bits per heavy atom. The normalized spacial score (nSPS) is 10.3. The van der Waals surface area contributed by atoms with Crippen LogP contribution >= 0.6 is 11.8 Å². The molecule has 0 atom stereocenters. The number of phenolic OH excluding ortho intramolecular Hbond substituents is 1. The van der Waals surface area contributed by atoms with Crippen LogP contribution in [0.25, 0.3) is 5.69 Å². The summed E-state index contributed by atoms with van der Waals surface area (Å²) in [5, 5.41) is 21.1. The van der Waals surface area contributed by atoms with E-state index in [4.69, 9.17) is 0 Å². The molecule has 82 valence electrons. The Bertz CT molecular complexity index is 526. The molecule has 1 N–H and O–H groups in total. The van der Waals surface area contributed by atoms with E-state index < -0.39 is 0 Å². The molecule has 0 unspecified atom stereocenters. The fourth-order valence-electron chi connectivity index (χ4n) is 1.24. The summed E-state index contributed by atoms with van der Waals surface area (Å²) in [5.41, 5.74) is 0.842. The van der Waals surface area contributed by atoms with Gasteiger partial charge in [-0.05, 0) is 34.9 Å². The van der Waals surface area contributed by atoms with E-state index in [0.717, 1.165) is 0 Å².